The Labute approximate surface area is 142 Å². The van der Waals surface area contributed by atoms with Crippen molar-refractivity contribution in [3.8, 4) is 0 Å². The third-order valence-corrected chi connectivity index (χ3v) is 4.30. The number of piperazine rings is 1. The Morgan fingerprint density at radius 3 is 2.25 bits per heavy atom. The maximum absolute atomic E-state index is 10.5. The first-order chi connectivity index (χ1) is 11.7. The molecule has 1 aliphatic rings. The molecule has 1 N–H and O–H groups in total. The molecule has 0 spiro atoms. The number of anilines is 1. The molecule has 0 saturated carbocycles. The van der Waals surface area contributed by atoms with Gasteiger partial charge in [0.15, 0.2) is 0 Å². The van der Waals surface area contributed by atoms with Crippen molar-refractivity contribution in [2.45, 2.75) is 6.54 Å². The van der Waals surface area contributed by atoms with Crippen molar-refractivity contribution in [1.82, 2.24) is 4.90 Å². The fraction of sp³-hybridized carbons (Fsp3) is 0.250. The zero-order valence-corrected chi connectivity index (χ0v) is 13.6. The molecule has 1 aliphatic heterocycles. The first kappa shape index (κ1) is 16.3. The topological polar surface area (TPSA) is 43.8 Å². The summed E-state index contributed by atoms with van der Waals surface area (Å²) in [5.41, 5.74) is 3.46. The van der Waals surface area contributed by atoms with Gasteiger partial charge in [0.05, 0.1) is 0 Å². The van der Waals surface area contributed by atoms with Crippen molar-refractivity contribution in [3.63, 3.8) is 0 Å². The molecule has 0 bridgehead atoms. The van der Waals surface area contributed by atoms with Crippen LogP contribution in [0.3, 0.4) is 0 Å². The first-order valence-corrected chi connectivity index (χ1v) is 8.23. The van der Waals surface area contributed by atoms with Gasteiger partial charge in [-0.2, -0.15) is 0 Å². The van der Waals surface area contributed by atoms with E-state index in [0.717, 1.165) is 44.4 Å². The van der Waals surface area contributed by atoms with Gasteiger partial charge < -0.3 is 10.0 Å². The van der Waals surface area contributed by atoms with E-state index in [2.05, 4.69) is 52.3 Å². The van der Waals surface area contributed by atoms with E-state index in [0.29, 0.717) is 0 Å². The highest BCUT2D eigenvalue weighted by molar-refractivity contribution is 5.85. The van der Waals surface area contributed by atoms with Crippen LogP contribution in [0.15, 0.2) is 60.7 Å². The number of carboxylic acids is 1. The van der Waals surface area contributed by atoms with Crippen LogP contribution in [-0.2, 0) is 11.3 Å². The minimum Gasteiger partial charge on any atom is -0.478 e. The minimum absolute atomic E-state index is 0.906. The molecule has 1 fully saturated rings. The molecule has 0 aromatic heterocycles. The average Bonchev–Trinajstić information content (AvgIpc) is 2.62. The molecule has 124 valence electrons. The summed E-state index contributed by atoms with van der Waals surface area (Å²) in [5.74, 6) is -0.923. The molecule has 1 heterocycles. The van der Waals surface area contributed by atoms with E-state index in [4.69, 9.17) is 5.11 Å². The summed E-state index contributed by atoms with van der Waals surface area (Å²) in [6.45, 7) is 5.13. The highest BCUT2D eigenvalue weighted by Gasteiger charge is 2.17. The maximum atomic E-state index is 10.5. The molecule has 24 heavy (non-hydrogen) atoms. The number of hydrogen-bond acceptors (Lipinski definition) is 3. The second-order valence-corrected chi connectivity index (χ2v) is 6.01. The van der Waals surface area contributed by atoms with E-state index in [1.165, 1.54) is 11.3 Å². The van der Waals surface area contributed by atoms with Crippen LogP contribution in [0.1, 0.15) is 11.1 Å². The molecule has 0 unspecified atom stereocenters. The summed E-state index contributed by atoms with van der Waals surface area (Å²) in [5, 5.41) is 8.66. The Kier molecular flexibility index (Phi) is 5.29. The van der Waals surface area contributed by atoms with Gasteiger partial charge in [-0.15, -0.1) is 0 Å². The van der Waals surface area contributed by atoms with Crippen LogP contribution in [0.2, 0.25) is 0 Å². The Hall–Kier alpha value is -2.59. The van der Waals surface area contributed by atoms with Crippen LogP contribution in [-0.4, -0.2) is 42.2 Å². The smallest absolute Gasteiger partial charge is 0.328 e. The number of hydrogen-bond donors (Lipinski definition) is 1. The van der Waals surface area contributed by atoms with Gasteiger partial charge in [-0.05, 0) is 29.3 Å². The Morgan fingerprint density at radius 1 is 0.958 bits per heavy atom. The van der Waals surface area contributed by atoms with E-state index in [1.54, 1.807) is 6.08 Å². The van der Waals surface area contributed by atoms with Crippen LogP contribution in [0.5, 0.6) is 0 Å². The normalized spacial score (nSPS) is 15.8. The SMILES string of the molecule is O=C(O)/C=C/c1ccc(N2CCN(Cc3ccccc3)CC2)cc1. The van der Waals surface area contributed by atoms with Gasteiger partial charge in [-0.25, -0.2) is 4.79 Å². The molecule has 2 aromatic carbocycles. The number of benzene rings is 2. The first-order valence-electron chi connectivity index (χ1n) is 8.23. The van der Waals surface area contributed by atoms with Crippen molar-refractivity contribution in [3.05, 3.63) is 71.8 Å². The monoisotopic (exact) mass is 322 g/mol. The lowest BCUT2D eigenvalue weighted by Crippen LogP contribution is -2.45. The van der Waals surface area contributed by atoms with Crippen molar-refractivity contribution < 1.29 is 9.90 Å². The van der Waals surface area contributed by atoms with Crippen LogP contribution >= 0.6 is 0 Å². The molecule has 4 heteroatoms. The van der Waals surface area contributed by atoms with Gasteiger partial charge in [0.1, 0.15) is 0 Å². The van der Waals surface area contributed by atoms with E-state index < -0.39 is 5.97 Å². The van der Waals surface area contributed by atoms with Gasteiger partial charge in [0.25, 0.3) is 0 Å². The van der Waals surface area contributed by atoms with Crippen molar-refractivity contribution in [1.29, 1.82) is 0 Å². The average molecular weight is 322 g/mol. The lowest BCUT2D eigenvalue weighted by Gasteiger charge is -2.36. The van der Waals surface area contributed by atoms with Crippen LogP contribution < -0.4 is 4.90 Å². The number of carboxylic acid groups (broad SMARTS) is 1. The summed E-state index contributed by atoms with van der Waals surface area (Å²) >= 11 is 0. The lowest BCUT2D eigenvalue weighted by atomic mass is 10.1. The Bertz CT molecular complexity index is 687. The third-order valence-electron chi connectivity index (χ3n) is 4.30. The Balaban J connectivity index is 1.53. The van der Waals surface area contributed by atoms with E-state index in [-0.39, 0.29) is 0 Å². The van der Waals surface area contributed by atoms with Crippen LogP contribution in [0.4, 0.5) is 5.69 Å². The zero-order valence-electron chi connectivity index (χ0n) is 13.6. The number of carbonyl (C=O) groups is 1. The Morgan fingerprint density at radius 2 is 1.62 bits per heavy atom. The zero-order chi connectivity index (χ0) is 16.8. The van der Waals surface area contributed by atoms with E-state index in [9.17, 15) is 4.79 Å². The number of rotatable bonds is 5. The summed E-state index contributed by atoms with van der Waals surface area (Å²) < 4.78 is 0. The predicted octanol–water partition coefficient (Wildman–Crippen LogP) is 3.11. The van der Waals surface area contributed by atoms with Crippen LogP contribution in [0.25, 0.3) is 6.08 Å². The largest absolute Gasteiger partial charge is 0.478 e. The highest BCUT2D eigenvalue weighted by Crippen LogP contribution is 2.18. The molecule has 2 aromatic rings. The van der Waals surface area contributed by atoms with E-state index in [1.807, 2.05) is 12.1 Å². The second-order valence-electron chi connectivity index (χ2n) is 6.01. The standard InChI is InChI=1S/C20H22N2O2/c23-20(24)11-8-17-6-9-19(10-7-17)22-14-12-21(13-15-22)16-18-4-2-1-3-5-18/h1-11H,12-16H2,(H,23,24)/b11-8+. The second kappa shape index (κ2) is 7.79. The molecule has 1 saturated heterocycles. The fourth-order valence-electron chi connectivity index (χ4n) is 2.97. The van der Waals surface area contributed by atoms with Crippen molar-refractivity contribution >= 4 is 17.7 Å². The quantitative estimate of drug-likeness (QED) is 0.859. The molecule has 0 atom stereocenters. The van der Waals surface area contributed by atoms with Gasteiger partial charge in [0, 0.05) is 44.5 Å². The summed E-state index contributed by atoms with van der Waals surface area (Å²) in [6, 6.07) is 18.6. The summed E-state index contributed by atoms with van der Waals surface area (Å²) in [7, 11) is 0. The van der Waals surface area contributed by atoms with Crippen molar-refractivity contribution in [2.75, 3.05) is 31.1 Å². The molecule has 4 nitrogen and oxygen atoms in total. The third kappa shape index (κ3) is 4.46. The minimum atomic E-state index is -0.923. The summed E-state index contributed by atoms with van der Waals surface area (Å²) in [4.78, 5) is 15.4. The number of nitrogens with zero attached hydrogens (tertiary/aromatic N) is 2. The predicted molar refractivity (Wildman–Crippen MR) is 97.0 cm³/mol. The fourth-order valence-corrected chi connectivity index (χ4v) is 2.97. The lowest BCUT2D eigenvalue weighted by molar-refractivity contribution is -0.131. The van der Waals surface area contributed by atoms with Gasteiger partial charge >= 0.3 is 5.97 Å². The van der Waals surface area contributed by atoms with Gasteiger partial charge in [-0.3, -0.25) is 4.90 Å². The number of aliphatic carboxylic acids is 1. The molecular formula is C20H22N2O2. The highest BCUT2D eigenvalue weighted by atomic mass is 16.4. The van der Waals surface area contributed by atoms with Crippen molar-refractivity contribution in [2.24, 2.45) is 0 Å². The molecule has 0 amide bonds. The molecular weight excluding hydrogens is 300 g/mol. The maximum Gasteiger partial charge on any atom is 0.328 e. The molecule has 3 rings (SSSR count). The van der Waals surface area contributed by atoms with E-state index >= 15 is 0 Å². The van der Waals surface area contributed by atoms with Crippen LogP contribution in [0, 0.1) is 0 Å². The van der Waals surface area contributed by atoms with Gasteiger partial charge in [0.2, 0.25) is 0 Å². The van der Waals surface area contributed by atoms with Gasteiger partial charge in [-0.1, -0.05) is 42.5 Å². The summed E-state index contributed by atoms with van der Waals surface area (Å²) in [6.07, 6.45) is 2.78. The molecule has 0 aliphatic carbocycles. The molecule has 0 radical (unpaired) electrons.